The van der Waals surface area contributed by atoms with Crippen LogP contribution in [-0.2, 0) is 17.8 Å². The molecule has 0 fully saturated rings. The Kier molecular flexibility index (Phi) is 5.44. The third kappa shape index (κ3) is 3.64. The Morgan fingerprint density at radius 1 is 1.26 bits per heavy atom. The van der Waals surface area contributed by atoms with Crippen LogP contribution in [0.1, 0.15) is 5.56 Å². The summed E-state index contributed by atoms with van der Waals surface area (Å²) in [6.07, 6.45) is 3.56. The molecule has 0 atom stereocenters. The standard InChI is InChI=1S/C19H21N3O5/c1-4-8-22-19(24)18-16(11-20-22)27-12-17(23)21(18)9-7-13-5-6-14(25-2)15(10-13)26-3/h4-6,10-11H,1,7-9,12H2,2-3H3. The van der Waals surface area contributed by atoms with Crippen molar-refractivity contribution in [3.63, 3.8) is 0 Å². The average Bonchev–Trinajstić information content (AvgIpc) is 2.69. The summed E-state index contributed by atoms with van der Waals surface area (Å²) >= 11 is 0. The maximum Gasteiger partial charge on any atom is 0.294 e. The Balaban J connectivity index is 1.88. The van der Waals surface area contributed by atoms with Crippen LogP contribution >= 0.6 is 0 Å². The summed E-state index contributed by atoms with van der Waals surface area (Å²) in [4.78, 5) is 26.5. The van der Waals surface area contributed by atoms with Crippen LogP contribution in [0.4, 0.5) is 5.69 Å². The largest absolute Gasteiger partial charge is 0.493 e. The zero-order valence-corrected chi connectivity index (χ0v) is 15.3. The van der Waals surface area contributed by atoms with Gasteiger partial charge in [-0.25, -0.2) is 4.68 Å². The number of benzene rings is 1. The summed E-state index contributed by atoms with van der Waals surface area (Å²) in [5.74, 6) is 1.29. The van der Waals surface area contributed by atoms with E-state index in [2.05, 4.69) is 11.7 Å². The van der Waals surface area contributed by atoms with Crippen LogP contribution in [0, 0.1) is 0 Å². The Morgan fingerprint density at radius 2 is 2.04 bits per heavy atom. The van der Waals surface area contributed by atoms with Gasteiger partial charge in [-0.2, -0.15) is 5.10 Å². The SMILES string of the molecule is C=CCn1ncc2c(c1=O)N(CCc1ccc(OC)c(OC)c1)C(=O)CO2. The van der Waals surface area contributed by atoms with Crippen molar-refractivity contribution >= 4 is 11.6 Å². The minimum Gasteiger partial charge on any atom is -0.493 e. The molecule has 0 saturated carbocycles. The van der Waals surface area contributed by atoms with E-state index >= 15 is 0 Å². The van der Waals surface area contributed by atoms with E-state index in [1.807, 2.05) is 18.2 Å². The predicted molar refractivity (Wildman–Crippen MR) is 99.8 cm³/mol. The van der Waals surface area contributed by atoms with Gasteiger partial charge in [0.1, 0.15) is 0 Å². The molecule has 0 unspecified atom stereocenters. The molecule has 1 aromatic carbocycles. The van der Waals surface area contributed by atoms with Gasteiger partial charge in [0.2, 0.25) is 0 Å². The number of ether oxygens (including phenoxy) is 3. The second kappa shape index (κ2) is 7.94. The number of anilines is 1. The monoisotopic (exact) mass is 371 g/mol. The molecule has 2 aromatic rings. The third-order valence-electron chi connectivity index (χ3n) is 4.28. The van der Waals surface area contributed by atoms with Crippen molar-refractivity contribution in [2.45, 2.75) is 13.0 Å². The number of fused-ring (bicyclic) bond motifs is 1. The number of nitrogens with zero attached hydrogens (tertiary/aromatic N) is 3. The first-order chi connectivity index (χ1) is 13.1. The summed E-state index contributed by atoms with van der Waals surface area (Å²) in [7, 11) is 3.14. The van der Waals surface area contributed by atoms with Crippen LogP contribution in [0.15, 0.2) is 41.8 Å². The summed E-state index contributed by atoms with van der Waals surface area (Å²) in [6, 6.07) is 5.56. The molecule has 8 heteroatoms. The van der Waals surface area contributed by atoms with Gasteiger partial charge < -0.3 is 19.1 Å². The highest BCUT2D eigenvalue weighted by atomic mass is 16.5. The van der Waals surface area contributed by atoms with Crippen LogP contribution in [0.5, 0.6) is 17.2 Å². The molecule has 0 bridgehead atoms. The van der Waals surface area contributed by atoms with Gasteiger partial charge in [-0.3, -0.25) is 9.59 Å². The minimum absolute atomic E-state index is 0.120. The Labute approximate surface area is 156 Å². The quantitative estimate of drug-likeness (QED) is 0.685. The zero-order valence-electron chi connectivity index (χ0n) is 15.3. The van der Waals surface area contributed by atoms with Gasteiger partial charge >= 0.3 is 0 Å². The van der Waals surface area contributed by atoms with E-state index in [-0.39, 0.29) is 30.3 Å². The first-order valence-electron chi connectivity index (χ1n) is 8.44. The van der Waals surface area contributed by atoms with Crippen molar-refractivity contribution in [3.8, 4) is 17.2 Å². The second-order valence-corrected chi connectivity index (χ2v) is 5.91. The van der Waals surface area contributed by atoms with E-state index in [4.69, 9.17) is 14.2 Å². The second-order valence-electron chi connectivity index (χ2n) is 5.91. The highest BCUT2D eigenvalue weighted by molar-refractivity contribution is 5.97. The summed E-state index contributed by atoms with van der Waals surface area (Å²) in [6.45, 7) is 4.08. The molecule has 2 heterocycles. The molecule has 142 valence electrons. The highest BCUT2D eigenvalue weighted by Gasteiger charge is 2.29. The first kappa shape index (κ1) is 18.5. The van der Waals surface area contributed by atoms with E-state index < -0.39 is 0 Å². The summed E-state index contributed by atoms with van der Waals surface area (Å²) < 4.78 is 17.2. The lowest BCUT2D eigenvalue weighted by Gasteiger charge is -2.28. The van der Waals surface area contributed by atoms with E-state index in [1.165, 1.54) is 15.8 Å². The number of hydrogen-bond acceptors (Lipinski definition) is 6. The third-order valence-corrected chi connectivity index (χ3v) is 4.28. The Bertz CT molecular complexity index is 922. The number of methoxy groups -OCH3 is 2. The molecular weight excluding hydrogens is 350 g/mol. The van der Waals surface area contributed by atoms with Crippen molar-refractivity contribution in [3.05, 3.63) is 53.0 Å². The zero-order chi connectivity index (χ0) is 19.4. The fourth-order valence-electron chi connectivity index (χ4n) is 2.93. The topological polar surface area (TPSA) is 82.9 Å². The van der Waals surface area contributed by atoms with Crippen LogP contribution in [0.25, 0.3) is 0 Å². The molecule has 27 heavy (non-hydrogen) atoms. The van der Waals surface area contributed by atoms with Crippen LogP contribution in [0.3, 0.4) is 0 Å². The Morgan fingerprint density at radius 3 is 2.74 bits per heavy atom. The van der Waals surface area contributed by atoms with Crippen molar-refractivity contribution in [2.75, 3.05) is 32.3 Å². The van der Waals surface area contributed by atoms with Gasteiger partial charge in [0.15, 0.2) is 29.5 Å². The maximum atomic E-state index is 12.7. The highest BCUT2D eigenvalue weighted by Crippen LogP contribution is 2.30. The fourth-order valence-corrected chi connectivity index (χ4v) is 2.93. The molecule has 0 aliphatic carbocycles. The minimum atomic E-state index is -0.382. The average molecular weight is 371 g/mol. The van der Waals surface area contributed by atoms with Crippen LogP contribution in [0.2, 0.25) is 0 Å². The number of aromatic nitrogens is 2. The molecule has 3 rings (SSSR count). The fraction of sp³-hybridized carbons (Fsp3) is 0.316. The number of rotatable bonds is 7. The van der Waals surface area contributed by atoms with Gasteiger partial charge in [-0.1, -0.05) is 12.1 Å². The maximum absolute atomic E-state index is 12.7. The van der Waals surface area contributed by atoms with Crippen molar-refractivity contribution < 1.29 is 19.0 Å². The van der Waals surface area contributed by atoms with Crippen LogP contribution < -0.4 is 24.7 Å². The van der Waals surface area contributed by atoms with Crippen molar-refractivity contribution in [1.29, 1.82) is 0 Å². The molecule has 1 aliphatic rings. The van der Waals surface area contributed by atoms with Gasteiger partial charge in [0.05, 0.1) is 27.0 Å². The molecule has 1 aliphatic heterocycles. The van der Waals surface area contributed by atoms with Crippen LogP contribution in [-0.4, -0.2) is 43.1 Å². The number of hydrogen-bond donors (Lipinski definition) is 0. The number of allylic oxidation sites excluding steroid dienone is 1. The molecule has 1 aromatic heterocycles. The molecular formula is C19H21N3O5. The van der Waals surface area contributed by atoms with E-state index in [0.717, 1.165) is 5.56 Å². The number of carbonyl (C=O) groups is 1. The predicted octanol–water partition coefficient (Wildman–Crippen LogP) is 1.41. The Hall–Kier alpha value is -3.29. The van der Waals surface area contributed by atoms with Gasteiger partial charge in [0.25, 0.3) is 11.5 Å². The number of amides is 1. The summed E-state index contributed by atoms with van der Waals surface area (Å²) in [5.41, 5.74) is 0.783. The lowest BCUT2D eigenvalue weighted by atomic mass is 10.1. The molecule has 1 amide bonds. The molecule has 0 N–H and O–H groups in total. The summed E-state index contributed by atoms with van der Waals surface area (Å²) in [5, 5.41) is 4.04. The normalized spacial score (nSPS) is 13.0. The van der Waals surface area contributed by atoms with E-state index in [9.17, 15) is 9.59 Å². The smallest absolute Gasteiger partial charge is 0.294 e. The molecule has 8 nitrogen and oxygen atoms in total. The van der Waals surface area contributed by atoms with Crippen molar-refractivity contribution in [1.82, 2.24) is 9.78 Å². The van der Waals surface area contributed by atoms with Gasteiger partial charge in [-0.05, 0) is 24.1 Å². The van der Waals surface area contributed by atoms with Gasteiger partial charge in [0, 0.05) is 6.54 Å². The molecule has 0 radical (unpaired) electrons. The van der Waals surface area contributed by atoms with E-state index in [1.54, 1.807) is 20.3 Å². The van der Waals surface area contributed by atoms with Crippen molar-refractivity contribution in [2.24, 2.45) is 0 Å². The van der Waals surface area contributed by atoms with Gasteiger partial charge in [-0.15, -0.1) is 6.58 Å². The lowest BCUT2D eigenvalue weighted by molar-refractivity contribution is -0.121. The number of carbonyl (C=O) groups excluding carboxylic acids is 1. The lowest BCUT2D eigenvalue weighted by Crippen LogP contribution is -2.44. The van der Waals surface area contributed by atoms with E-state index in [0.29, 0.717) is 30.2 Å². The molecule has 0 spiro atoms. The molecule has 0 saturated heterocycles. The first-order valence-corrected chi connectivity index (χ1v) is 8.44.